The molecule has 6 heteroatoms. The van der Waals surface area contributed by atoms with Crippen LogP contribution in [0.5, 0.6) is 0 Å². The van der Waals surface area contributed by atoms with Crippen molar-refractivity contribution in [2.45, 2.75) is 39.0 Å². The number of piperazine rings is 1. The van der Waals surface area contributed by atoms with Gasteiger partial charge < -0.3 is 10.2 Å². The third-order valence-corrected chi connectivity index (χ3v) is 5.86. The van der Waals surface area contributed by atoms with Gasteiger partial charge in [0.2, 0.25) is 5.91 Å². The largest absolute Gasteiger partial charge is 0.354 e. The quantitative estimate of drug-likeness (QED) is 0.714. The van der Waals surface area contributed by atoms with E-state index in [-0.39, 0.29) is 5.91 Å². The van der Waals surface area contributed by atoms with Crippen molar-refractivity contribution in [2.75, 3.05) is 42.9 Å². The van der Waals surface area contributed by atoms with Gasteiger partial charge in [-0.1, -0.05) is 25.1 Å². The number of hydrogen-bond acceptors (Lipinski definition) is 5. The molecular weight excluding hydrogens is 374 g/mol. The van der Waals surface area contributed by atoms with E-state index >= 15 is 0 Å². The third-order valence-electron chi connectivity index (χ3n) is 5.86. The smallest absolute Gasteiger partial charge is 0.225 e. The van der Waals surface area contributed by atoms with Crippen molar-refractivity contribution in [1.29, 1.82) is 0 Å². The van der Waals surface area contributed by atoms with Crippen molar-refractivity contribution in [3.05, 3.63) is 53.4 Å². The van der Waals surface area contributed by atoms with Gasteiger partial charge in [-0.2, -0.15) is 0 Å². The average molecular weight is 406 g/mol. The number of allylic oxidation sites excluding steroid dienone is 1. The van der Waals surface area contributed by atoms with Crippen molar-refractivity contribution in [2.24, 2.45) is 0 Å². The highest BCUT2D eigenvalue weighted by molar-refractivity contribution is 5.92. The lowest BCUT2D eigenvalue weighted by Gasteiger charge is -2.35. The van der Waals surface area contributed by atoms with Crippen LogP contribution in [0.3, 0.4) is 0 Å². The number of nitrogens with zero attached hydrogens (tertiary/aromatic N) is 4. The summed E-state index contributed by atoms with van der Waals surface area (Å²) in [4.78, 5) is 25.8. The first kappa shape index (κ1) is 20.5. The van der Waals surface area contributed by atoms with Crippen molar-refractivity contribution in [1.82, 2.24) is 14.9 Å². The summed E-state index contributed by atoms with van der Waals surface area (Å²) in [6, 6.07) is 10.5. The number of carbonyl (C=O) groups is 1. The summed E-state index contributed by atoms with van der Waals surface area (Å²) < 4.78 is 0. The van der Waals surface area contributed by atoms with E-state index in [4.69, 9.17) is 4.98 Å². The molecule has 1 N–H and O–H groups in total. The number of pyridine rings is 2. The zero-order valence-corrected chi connectivity index (χ0v) is 17.8. The Morgan fingerprint density at radius 1 is 1.07 bits per heavy atom. The molecule has 4 heterocycles. The van der Waals surface area contributed by atoms with Gasteiger partial charge in [0.15, 0.2) is 0 Å². The molecular formula is C24H31N5O. The lowest BCUT2D eigenvalue weighted by Crippen LogP contribution is -2.46. The van der Waals surface area contributed by atoms with E-state index in [0.29, 0.717) is 6.42 Å². The SMILES string of the molecule is CCc1cccc(N2CCN(CCCC=Cc3ccc4c(n3)NC(=O)CC4)CC2)n1. The Labute approximate surface area is 179 Å². The highest BCUT2D eigenvalue weighted by Gasteiger charge is 2.18. The molecule has 0 aromatic carbocycles. The van der Waals surface area contributed by atoms with Crippen LogP contribution < -0.4 is 10.2 Å². The van der Waals surface area contributed by atoms with Crippen LogP contribution >= 0.6 is 0 Å². The number of hydrogen-bond donors (Lipinski definition) is 1. The second-order valence-corrected chi connectivity index (χ2v) is 8.01. The first-order chi connectivity index (χ1) is 14.7. The Balaban J connectivity index is 1.19. The maximum Gasteiger partial charge on any atom is 0.225 e. The van der Waals surface area contributed by atoms with E-state index in [2.05, 4.69) is 63.4 Å². The number of aryl methyl sites for hydroxylation is 2. The van der Waals surface area contributed by atoms with Gasteiger partial charge in [-0.15, -0.1) is 0 Å². The summed E-state index contributed by atoms with van der Waals surface area (Å²) >= 11 is 0. The van der Waals surface area contributed by atoms with Crippen LogP contribution in [-0.4, -0.2) is 53.5 Å². The Morgan fingerprint density at radius 2 is 1.93 bits per heavy atom. The minimum absolute atomic E-state index is 0.0603. The maximum absolute atomic E-state index is 11.5. The molecule has 0 unspecified atom stereocenters. The fourth-order valence-electron chi connectivity index (χ4n) is 4.03. The average Bonchev–Trinajstić information content (AvgIpc) is 2.79. The fraction of sp³-hybridized carbons (Fsp3) is 0.458. The molecule has 1 saturated heterocycles. The van der Waals surface area contributed by atoms with Crippen molar-refractivity contribution >= 4 is 23.6 Å². The lowest BCUT2D eigenvalue weighted by atomic mass is 10.1. The Morgan fingerprint density at radius 3 is 2.77 bits per heavy atom. The molecule has 2 aromatic heterocycles. The van der Waals surface area contributed by atoms with E-state index < -0.39 is 0 Å². The minimum atomic E-state index is 0.0603. The van der Waals surface area contributed by atoms with Gasteiger partial charge in [-0.05, 0) is 62.1 Å². The molecule has 0 bridgehead atoms. The highest BCUT2D eigenvalue weighted by Crippen LogP contribution is 2.21. The number of aromatic nitrogens is 2. The molecule has 158 valence electrons. The Hall–Kier alpha value is -2.73. The molecule has 2 aromatic rings. The number of fused-ring (bicyclic) bond motifs is 1. The van der Waals surface area contributed by atoms with Crippen molar-refractivity contribution in [3.8, 4) is 0 Å². The van der Waals surface area contributed by atoms with Gasteiger partial charge in [-0.25, -0.2) is 9.97 Å². The number of carbonyl (C=O) groups excluding carboxylic acids is 1. The van der Waals surface area contributed by atoms with Gasteiger partial charge in [0.05, 0.1) is 5.69 Å². The molecule has 6 nitrogen and oxygen atoms in total. The predicted octanol–water partition coefficient (Wildman–Crippen LogP) is 3.54. The maximum atomic E-state index is 11.5. The van der Waals surface area contributed by atoms with E-state index in [1.165, 1.54) is 0 Å². The molecule has 0 aliphatic carbocycles. The second kappa shape index (κ2) is 9.85. The lowest BCUT2D eigenvalue weighted by molar-refractivity contribution is -0.116. The summed E-state index contributed by atoms with van der Waals surface area (Å²) in [5.41, 5.74) is 3.20. The summed E-state index contributed by atoms with van der Waals surface area (Å²) in [5.74, 6) is 1.90. The number of unbranched alkanes of at least 4 members (excludes halogenated alkanes) is 1. The molecule has 0 spiro atoms. The fourth-order valence-corrected chi connectivity index (χ4v) is 4.03. The van der Waals surface area contributed by atoms with Crippen LogP contribution in [0.25, 0.3) is 6.08 Å². The monoisotopic (exact) mass is 405 g/mol. The van der Waals surface area contributed by atoms with E-state index in [9.17, 15) is 4.79 Å². The molecule has 0 saturated carbocycles. The number of amides is 1. The molecule has 1 amide bonds. The molecule has 1 fully saturated rings. The zero-order chi connectivity index (χ0) is 20.8. The number of anilines is 2. The van der Waals surface area contributed by atoms with Crippen LogP contribution in [0.15, 0.2) is 36.4 Å². The standard InChI is InChI=1S/C24H31N5O/c1-2-20-8-6-9-22(25-20)29-17-15-28(16-18-29)14-5-3-4-7-21-12-10-19-11-13-23(30)27-24(19)26-21/h4,6-10,12H,2-3,5,11,13-18H2,1H3,(H,26,27,30). The molecule has 0 radical (unpaired) electrons. The van der Waals surface area contributed by atoms with Crippen molar-refractivity contribution in [3.63, 3.8) is 0 Å². The van der Waals surface area contributed by atoms with Gasteiger partial charge in [-0.3, -0.25) is 9.69 Å². The van der Waals surface area contributed by atoms with Crippen LogP contribution in [-0.2, 0) is 17.6 Å². The summed E-state index contributed by atoms with van der Waals surface area (Å²) in [6.07, 6.45) is 8.75. The van der Waals surface area contributed by atoms with E-state index in [1.54, 1.807) is 0 Å². The number of rotatable bonds is 7. The van der Waals surface area contributed by atoms with Crippen LogP contribution in [0, 0.1) is 0 Å². The van der Waals surface area contributed by atoms with Crippen LogP contribution in [0.1, 0.15) is 43.1 Å². The van der Waals surface area contributed by atoms with Gasteiger partial charge in [0.25, 0.3) is 0 Å². The minimum Gasteiger partial charge on any atom is -0.354 e. The van der Waals surface area contributed by atoms with E-state index in [0.717, 1.165) is 87.0 Å². The van der Waals surface area contributed by atoms with Crippen LogP contribution in [0.4, 0.5) is 11.6 Å². The second-order valence-electron chi connectivity index (χ2n) is 8.01. The predicted molar refractivity (Wildman–Crippen MR) is 122 cm³/mol. The molecule has 4 rings (SSSR count). The zero-order valence-electron chi connectivity index (χ0n) is 17.8. The normalized spacial score (nSPS) is 17.2. The van der Waals surface area contributed by atoms with Gasteiger partial charge in [0.1, 0.15) is 11.6 Å². The first-order valence-corrected chi connectivity index (χ1v) is 11.1. The third kappa shape index (κ3) is 5.25. The molecule has 2 aliphatic rings. The Kier molecular flexibility index (Phi) is 6.74. The first-order valence-electron chi connectivity index (χ1n) is 11.1. The van der Waals surface area contributed by atoms with Crippen LogP contribution in [0.2, 0.25) is 0 Å². The summed E-state index contributed by atoms with van der Waals surface area (Å²) in [7, 11) is 0. The Bertz CT molecular complexity index is 902. The van der Waals surface area contributed by atoms with E-state index in [1.807, 2.05) is 6.07 Å². The number of nitrogens with one attached hydrogen (secondary N) is 1. The molecule has 2 aliphatic heterocycles. The molecule has 0 atom stereocenters. The topological polar surface area (TPSA) is 61.4 Å². The van der Waals surface area contributed by atoms with Crippen molar-refractivity contribution < 1.29 is 4.79 Å². The van der Waals surface area contributed by atoms with Gasteiger partial charge in [0, 0.05) is 38.3 Å². The summed E-state index contributed by atoms with van der Waals surface area (Å²) in [5, 5.41) is 2.87. The highest BCUT2D eigenvalue weighted by atomic mass is 16.1. The summed E-state index contributed by atoms with van der Waals surface area (Å²) in [6.45, 7) is 7.54. The van der Waals surface area contributed by atoms with Gasteiger partial charge >= 0.3 is 0 Å². The molecule has 30 heavy (non-hydrogen) atoms.